The van der Waals surface area contributed by atoms with Crippen molar-refractivity contribution in [1.82, 2.24) is 10.3 Å². The highest BCUT2D eigenvalue weighted by molar-refractivity contribution is 7.99. The Kier molecular flexibility index (Phi) is 4.37. The van der Waals surface area contributed by atoms with Gasteiger partial charge in [-0.15, -0.1) is 11.8 Å². The molecule has 1 atom stereocenters. The fourth-order valence-electron chi connectivity index (χ4n) is 1.98. The molecule has 0 radical (unpaired) electrons. The molecule has 1 aliphatic rings. The van der Waals surface area contributed by atoms with Crippen molar-refractivity contribution < 1.29 is 4.79 Å². The molecule has 0 spiro atoms. The molecule has 5 heteroatoms. The number of rotatable bonds is 4. The maximum Gasteiger partial charge on any atom is 0.190 e. The number of carbonyl (C=O) groups is 1. The van der Waals surface area contributed by atoms with E-state index in [0.717, 1.165) is 17.9 Å². The van der Waals surface area contributed by atoms with Crippen LogP contribution < -0.4 is 5.32 Å². The van der Waals surface area contributed by atoms with E-state index in [4.69, 9.17) is 0 Å². The topological polar surface area (TPSA) is 54.4 Å². The molecule has 4 nitrogen and oxygen atoms in total. The summed E-state index contributed by atoms with van der Waals surface area (Å²) in [7, 11) is 0. The van der Waals surface area contributed by atoms with E-state index in [-0.39, 0.29) is 10.8 Å². The predicted molar refractivity (Wildman–Crippen MR) is 79.4 cm³/mol. The van der Waals surface area contributed by atoms with Gasteiger partial charge in [0.25, 0.3) is 0 Å². The number of thioether (sulfide) groups is 1. The second-order valence-electron chi connectivity index (χ2n) is 4.73. The van der Waals surface area contributed by atoms with E-state index >= 15 is 0 Å². The van der Waals surface area contributed by atoms with Gasteiger partial charge in [0.1, 0.15) is 0 Å². The van der Waals surface area contributed by atoms with E-state index < -0.39 is 0 Å². The van der Waals surface area contributed by atoms with Crippen LogP contribution in [-0.2, 0) is 10.5 Å². The zero-order chi connectivity index (χ0) is 13.9. The van der Waals surface area contributed by atoms with Crippen molar-refractivity contribution in [2.45, 2.75) is 37.9 Å². The Bertz CT molecular complexity index is 515. The van der Waals surface area contributed by atoms with Crippen LogP contribution in [0.2, 0.25) is 0 Å². The van der Waals surface area contributed by atoms with Crippen molar-refractivity contribution in [3.05, 3.63) is 29.6 Å². The summed E-state index contributed by atoms with van der Waals surface area (Å²) in [6, 6.07) is 4.07. The fourth-order valence-corrected chi connectivity index (χ4v) is 3.10. The van der Waals surface area contributed by atoms with Crippen molar-refractivity contribution in [2.24, 2.45) is 4.99 Å². The molecule has 0 aliphatic carbocycles. The molecule has 1 N–H and O–H groups in total. The second kappa shape index (κ2) is 5.84. The lowest BCUT2D eigenvalue weighted by Gasteiger charge is -2.32. The van der Waals surface area contributed by atoms with Crippen LogP contribution in [0.3, 0.4) is 0 Å². The number of nitrogens with zero attached hydrogens (tertiary/aromatic N) is 2. The van der Waals surface area contributed by atoms with Gasteiger partial charge in [-0.2, -0.15) is 0 Å². The molecule has 0 saturated heterocycles. The van der Waals surface area contributed by atoms with Gasteiger partial charge in [0.2, 0.25) is 0 Å². The lowest BCUT2D eigenvalue weighted by atomic mass is 10.2. The number of Topliss-reactive ketones (excluding diaryl/α,β-unsaturated/α-hetero) is 1. The third-order valence-electron chi connectivity index (χ3n) is 3.19. The van der Waals surface area contributed by atoms with Gasteiger partial charge in [-0.05, 0) is 38.0 Å². The number of nitrogens with one attached hydrogen (secondary N) is 1. The molecule has 2 rings (SSSR count). The van der Waals surface area contributed by atoms with Gasteiger partial charge in [-0.3, -0.25) is 20.1 Å². The van der Waals surface area contributed by atoms with Gasteiger partial charge in [0, 0.05) is 11.9 Å². The number of aliphatic imine (C=N–C) groups is 1. The molecule has 0 bridgehead atoms. The van der Waals surface area contributed by atoms with E-state index in [9.17, 15) is 4.79 Å². The Morgan fingerprint density at radius 3 is 2.89 bits per heavy atom. The molecule has 0 saturated carbocycles. The van der Waals surface area contributed by atoms with Gasteiger partial charge < -0.3 is 0 Å². The normalized spacial score (nSPS) is 23.3. The molecule has 2 heterocycles. The van der Waals surface area contributed by atoms with E-state index in [1.807, 2.05) is 12.3 Å². The molecule has 19 heavy (non-hydrogen) atoms. The first-order valence-electron chi connectivity index (χ1n) is 6.45. The molecule has 102 valence electrons. The Hall–Kier alpha value is -1.20. The zero-order valence-corrected chi connectivity index (χ0v) is 12.4. The summed E-state index contributed by atoms with van der Waals surface area (Å²) in [5, 5.41) is 3.25. The highest BCUT2D eigenvalue weighted by atomic mass is 32.2. The molecule has 1 aromatic rings. The third-order valence-corrected chi connectivity index (χ3v) is 4.63. The standard InChI is InChI=1S/C14H19N3OS/c1-4-14(16-8-13(18)11(3)17-14)19-9-12-7-10(2)5-6-15-12/h5-7,16H,4,8-9H2,1-3H3. The first-order valence-corrected chi connectivity index (χ1v) is 7.43. The molecule has 0 aromatic carbocycles. The maximum absolute atomic E-state index is 11.5. The van der Waals surface area contributed by atoms with Gasteiger partial charge in [0.15, 0.2) is 10.8 Å². The first kappa shape index (κ1) is 14.2. The van der Waals surface area contributed by atoms with Crippen LogP contribution in [0.25, 0.3) is 0 Å². The van der Waals surface area contributed by atoms with Crippen LogP contribution >= 0.6 is 11.8 Å². The highest BCUT2D eigenvalue weighted by Crippen LogP contribution is 2.32. The predicted octanol–water partition coefficient (Wildman–Crippen LogP) is 2.32. The van der Waals surface area contributed by atoms with Crippen LogP contribution in [0.15, 0.2) is 23.3 Å². The number of carbonyl (C=O) groups excluding carboxylic acids is 1. The quantitative estimate of drug-likeness (QED) is 0.917. The Morgan fingerprint density at radius 2 is 2.26 bits per heavy atom. The van der Waals surface area contributed by atoms with Crippen molar-refractivity contribution in [2.75, 3.05) is 6.54 Å². The summed E-state index contributed by atoms with van der Waals surface area (Å²) in [6.45, 7) is 6.30. The van der Waals surface area contributed by atoms with E-state index in [1.165, 1.54) is 5.56 Å². The summed E-state index contributed by atoms with van der Waals surface area (Å²) in [5.74, 6) is 0.867. The number of hydrogen-bond donors (Lipinski definition) is 1. The molecule has 1 aliphatic heterocycles. The van der Waals surface area contributed by atoms with Crippen LogP contribution in [-0.4, -0.2) is 28.0 Å². The molecular formula is C14H19N3OS. The lowest BCUT2D eigenvalue weighted by Crippen LogP contribution is -2.49. The van der Waals surface area contributed by atoms with Crippen molar-refractivity contribution in [3.8, 4) is 0 Å². The summed E-state index contributed by atoms with van der Waals surface area (Å²) >= 11 is 1.70. The minimum atomic E-state index is -0.385. The summed E-state index contributed by atoms with van der Waals surface area (Å²) in [6.07, 6.45) is 2.67. The number of ketones is 1. The average Bonchev–Trinajstić information content (AvgIpc) is 2.41. The molecular weight excluding hydrogens is 258 g/mol. The third kappa shape index (κ3) is 3.42. The number of hydrogen-bond acceptors (Lipinski definition) is 5. The average molecular weight is 277 g/mol. The van der Waals surface area contributed by atoms with Crippen molar-refractivity contribution >= 4 is 23.3 Å². The Balaban J connectivity index is 2.10. The second-order valence-corrected chi connectivity index (χ2v) is 5.98. The van der Waals surface area contributed by atoms with Gasteiger partial charge in [-0.1, -0.05) is 6.92 Å². The zero-order valence-electron chi connectivity index (χ0n) is 11.6. The van der Waals surface area contributed by atoms with Gasteiger partial charge in [-0.25, -0.2) is 0 Å². The largest absolute Gasteiger partial charge is 0.291 e. The Labute approximate surface area is 118 Å². The minimum absolute atomic E-state index is 0.0818. The number of aromatic nitrogens is 1. The van der Waals surface area contributed by atoms with E-state index in [2.05, 4.69) is 35.2 Å². The Morgan fingerprint density at radius 1 is 1.47 bits per heavy atom. The lowest BCUT2D eigenvalue weighted by molar-refractivity contribution is -0.112. The van der Waals surface area contributed by atoms with Crippen LogP contribution in [0.5, 0.6) is 0 Å². The highest BCUT2D eigenvalue weighted by Gasteiger charge is 2.32. The molecule has 1 unspecified atom stereocenters. The fraction of sp³-hybridized carbons (Fsp3) is 0.500. The summed E-state index contributed by atoms with van der Waals surface area (Å²) in [4.78, 5) is 20.0. The monoisotopic (exact) mass is 277 g/mol. The van der Waals surface area contributed by atoms with E-state index in [0.29, 0.717) is 12.3 Å². The summed E-state index contributed by atoms with van der Waals surface area (Å²) < 4.78 is 0. The van der Waals surface area contributed by atoms with Gasteiger partial charge in [0.05, 0.1) is 18.0 Å². The maximum atomic E-state index is 11.5. The van der Waals surface area contributed by atoms with Crippen LogP contribution in [0, 0.1) is 6.92 Å². The van der Waals surface area contributed by atoms with E-state index in [1.54, 1.807) is 18.7 Å². The minimum Gasteiger partial charge on any atom is -0.291 e. The molecule has 1 aromatic heterocycles. The number of pyridine rings is 1. The van der Waals surface area contributed by atoms with Crippen LogP contribution in [0.1, 0.15) is 31.5 Å². The van der Waals surface area contributed by atoms with Crippen LogP contribution in [0.4, 0.5) is 0 Å². The first-order chi connectivity index (χ1) is 9.04. The van der Waals surface area contributed by atoms with Gasteiger partial charge >= 0.3 is 0 Å². The molecule has 0 amide bonds. The SMILES string of the molecule is CCC1(SCc2cc(C)ccn2)N=C(C)C(=O)CN1. The van der Waals surface area contributed by atoms with Crippen molar-refractivity contribution in [1.29, 1.82) is 0 Å². The molecule has 0 fully saturated rings. The smallest absolute Gasteiger partial charge is 0.190 e. The summed E-state index contributed by atoms with van der Waals surface area (Å²) in [5.41, 5.74) is 2.87. The van der Waals surface area contributed by atoms with Crippen molar-refractivity contribution in [3.63, 3.8) is 0 Å². The number of aryl methyl sites for hydroxylation is 1.